The quantitative estimate of drug-likeness (QED) is 0.908. The maximum atomic E-state index is 8.95. The van der Waals surface area contributed by atoms with Crippen LogP contribution < -0.4 is 5.32 Å². The molecule has 20 heavy (non-hydrogen) atoms. The highest BCUT2D eigenvalue weighted by molar-refractivity contribution is 5.28. The van der Waals surface area contributed by atoms with Gasteiger partial charge in [-0.1, -0.05) is 0 Å². The number of rotatable bonds is 4. The second kappa shape index (κ2) is 5.10. The molecule has 104 valence electrons. The van der Waals surface area contributed by atoms with Crippen molar-refractivity contribution in [2.75, 3.05) is 0 Å². The van der Waals surface area contributed by atoms with Crippen LogP contribution in [0.4, 0.5) is 0 Å². The third kappa shape index (κ3) is 2.21. The average molecular weight is 270 g/mol. The molecular formula is C14H18N6. The average Bonchev–Trinajstić information content (AvgIpc) is 3.10. The summed E-state index contributed by atoms with van der Waals surface area (Å²) in [6, 6.07) is 4.24. The minimum Gasteiger partial charge on any atom is -0.342 e. The first-order valence-corrected chi connectivity index (χ1v) is 6.89. The van der Waals surface area contributed by atoms with Crippen molar-refractivity contribution in [2.45, 2.75) is 38.9 Å². The van der Waals surface area contributed by atoms with Crippen molar-refractivity contribution in [3.8, 4) is 6.07 Å². The fourth-order valence-electron chi connectivity index (χ4n) is 2.70. The molecule has 3 rings (SSSR count). The molecule has 1 aliphatic rings. The standard InChI is InChI=1S/C14H18N6/c1-10(14-18-17-13-4-3-5-20(13)14)16-8-11-6-12(7-15)19(2)9-11/h6,9-10,16H,3-5,8H2,1-2H3. The number of hydrogen-bond acceptors (Lipinski definition) is 4. The molecule has 2 aromatic heterocycles. The van der Waals surface area contributed by atoms with Crippen molar-refractivity contribution in [1.82, 2.24) is 24.6 Å². The number of aromatic nitrogens is 4. The van der Waals surface area contributed by atoms with Crippen LogP contribution in [0.1, 0.15) is 42.3 Å². The van der Waals surface area contributed by atoms with Gasteiger partial charge in [0.15, 0.2) is 0 Å². The first-order chi connectivity index (χ1) is 9.69. The molecule has 0 aromatic carbocycles. The summed E-state index contributed by atoms with van der Waals surface area (Å²) in [5, 5.41) is 20.9. The number of hydrogen-bond donors (Lipinski definition) is 1. The highest BCUT2D eigenvalue weighted by Gasteiger charge is 2.20. The third-order valence-corrected chi connectivity index (χ3v) is 3.81. The Morgan fingerprint density at radius 3 is 3.10 bits per heavy atom. The Morgan fingerprint density at radius 2 is 2.35 bits per heavy atom. The van der Waals surface area contributed by atoms with E-state index < -0.39 is 0 Å². The molecule has 0 saturated heterocycles. The topological polar surface area (TPSA) is 71.5 Å². The molecule has 3 heterocycles. The van der Waals surface area contributed by atoms with Crippen molar-refractivity contribution in [1.29, 1.82) is 5.26 Å². The predicted octanol–water partition coefficient (Wildman–Crippen LogP) is 1.29. The lowest BCUT2D eigenvalue weighted by Gasteiger charge is -2.13. The van der Waals surface area contributed by atoms with Gasteiger partial charge >= 0.3 is 0 Å². The lowest BCUT2D eigenvalue weighted by atomic mass is 10.2. The van der Waals surface area contributed by atoms with E-state index in [2.05, 4.69) is 33.1 Å². The number of nitrogens with zero attached hydrogens (tertiary/aromatic N) is 5. The minimum absolute atomic E-state index is 0.153. The fourth-order valence-corrected chi connectivity index (χ4v) is 2.70. The molecule has 0 aliphatic carbocycles. The summed E-state index contributed by atoms with van der Waals surface area (Å²) in [6.07, 6.45) is 4.17. The second-order valence-electron chi connectivity index (χ2n) is 5.29. The van der Waals surface area contributed by atoms with Gasteiger partial charge in [0.25, 0.3) is 0 Å². The highest BCUT2D eigenvalue weighted by Crippen LogP contribution is 2.19. The summed E-state index contributed by atoms with van der Waals surface area (Å²) >= 11 is 0. The normalized spacial score (nSPS) is 15.1. The van der Waals surface area contributed by atoms with E-state index >= 15 is 0 Å². The van der Waals surface area contributed by atoms with Crippen LogP contribution in [0.2, 0.25) is 0 Å². The Kier molecular flexibility index (Phi) is 3.28. The second-order valence-corrected chi connectivity index (χ2v) is 5.29. The molecule has 1 aliphatic heterocycles. The van der Waals surface area contributed by atoms with Gasteiger partial charge in [0, 0.05) is 32.8 Å². The maximum absolute atomic E-state index is 8.95. The smallest absolute Gasteiger partial charge is 0.149 e. The molecule has 0 radical (unpaired) electrons. The van der Waals surface area contributed by atoms with E-state index in [-0.39, 0.29) is 6.04 Å². The summed E-state index contributed by atoms with van der Waals surface area (Å²) in [7, 11) is 1.89. The maximum Gasteiger partial charge on any atom is 0.149 e. The van der Waals surface area contributed by atoms with Gasteiger partial charge in [-0.05, 0) is 25.0 Å². The predicted molar refractivity (Wildman–Crippen MR) is 73.7 cm³/mol. The van der Waals surface area contributed by atoms with Crippen LogP contribution in [0.25, 0.3) is 0 Å². The van der Waals surface area contributed by atoms with Crippen LogP contribution in [-0.2, 0) is 26.6 Å². The van der Waals surface area contributed by atoms with Gasteiger partial charge in [0.05, 0.1) is 6.04 Å². The summed E-state index contributed by atoms with van der Waals surface area (Å²) in [6.45, 7) is 3.84. The van der Waals surface area contributed by atoms with Crippen molar-refractivity contribution in [2.24, 2.45) is 7.05 Å². The lowest BCUT2D eigenvalue weighted by Crippen LogP contribution is -2.21. The van der Waals surface area contributed by atoms with Crippen LogP contribution >= 0.6 is 0 Å². The lowest BCUT2D eigenvalue weighted by molar-refractivity contribution is 0.515. The Labute approximate surface area is 118 Å². The molecule has 6 heteroatoms. The molecule has 1 unspecified atom stereocenters. The number of nitrogens with one attached hydrogen (secondary N) is 1. The van der Waals surface area contributed by atoms with E-state index in [4.69, 9.17) is 5.26 Å². The Balaban J connectivity index is 1.67. The Morgan fingerprint density at radius 1 is 1.50 bits per heavy atom. The van der Waals surface area contributed by atoms with Crippen LogP contribution in [0, 0.1) is 11.3 Å². The summed E-state index contributed by atoms with van der Waals surface area (Å²) in [5.41, 5.74) is 1.79. The fraction of sp³-hybridized carbons (Fsp3) is 0.500. The van der Waals surface area contributed by atoms with Crippen molar-refractivity contribution in [3.63, 3.8) is 0 Å². The molecule has 0 fully saturated rings. The first kappa shape index (κ1) is 12.9. The summed E-state index contributed by atoms with van der Waals surface area (Å²) in [5.74, 6) is 2.11. The third-order valence-electron chi connectivity index (χ3n) is 3.81. The van der Waals surface area contributed by atoms with Gasteiger partial charge in [0.2, 0.25) is 0 Å². The van der Waals surface area contributed by atoms with Crippen molar-refractivity contribution < 1.29 is 0 Å². The zero-order valence-electron chi connectivity index (χ0n) is 11.8. The molecule has 0 spiro atoms. The number of aryl methyl sites for hydroxylation is 2. The van der Waals surface area contributed by atoms with Crippen LogP contribution in [0.3, 0.4) is 0 Å². The number of fused-ring (bicyclic) bond motifs is 1. The Hall–Kier alpha value is -2.13. The Bertz CT molecular complexity index is 660. The monoisotopic (exact) mass is 270 g/mol. The minimum atomic E-state index is 0.153. The molecule has 1 atom stereocenters. The van der Waals surface area contributed by atoms with E-state index in [1.807, 2.05) is 23.9 Å². The summed E-state index contributed by atoms with van der Waals surface area (Å²) in [4.78, 5) is 0. The van der Waals surface area contributed by atoms with Gasteiger partial charge in [-0.3, -0.25) is 0 Å². The van der Waals surface area contributed by atoms with Gasteiger partial charge < -0.3 is 14.5 Å². The van der Waals surface area contributed by atoms with Crippen molar-refractivity contribution >= 4 is 0 Å². The first-order valence-electron chi connectivity index (χ1n) is 6.89. The molecule has 0 bridgehead atoms. The van der Waals surface area contributed by atoms with Crippen LogP contribution in [0.5, 0.6) is 0 Å². The molecular weight excluding hydrogens is 252 g/mol. The van der Waals surface area contributed by atoms with Gasteiger partial charge in [-0.2, -0.15) is 5.26 Å². The number of nitriles is 1. The molecule has 0 amide bonds. The highest BCUT2D eigenvalue weighted by atomic mass is 15.3. The zero-order chi connectivity index (χ0) is 14.1. The van der Waals surface area contributed by atoms with E-state index in [0.29, 0.717) is 5.69 Å². The van der Waals surface area contributed by atoms with Crippen LogP contribution in [0.15, 0.2) is 12.3 Å². The van der Waals surface area contributed by atoms with Gasteiger partial charge in [-0.25, -0.2) is 0 Å². The van der Waals surface area contributed by atoms with Crippen LogP contribution in [-0.4, -0.2) is 19.3 Å². The van der Waals surface area contributed by atoms with Gasteiger partial charge in [-0.15, -0.1) is 10.2 Å². The van der Waals surface area contributed by atoms with E-state index in [0.717, 1.165) is 43.1 Å². The molecule has 0 saturated carbocycles. The summed E-state index contributed by atoms with van der Waals surface area (Å²) < 4.78 is 4.06. The molecule has 2 aromatic rings. The van der Waals surface area contributed by atoms with Crippen molar-refractivity contribution in [3.05, 3.63) is 35.2 Å². The van der Waals surface area contributed by atoms with E-state index in [1.54, 1.807) is 0 Å². The molecule has 6 nitrogen and oxygen atoms in total. The zero-order valence-corrected chi connectivity index (χ0v) is 11.8. The van der Waals surface area contributed by atoms with E-state index in [1.165, 1.54) is 0 Å². The molecule has 1 N–H and O–H groups in total. The van der Waals surface area contributed by atoms with E-state index in [9.17, 15) is 0 Å². The van der Waals surface area contributed by atoms with Gasteiger partial charge in [0.1, 0.15) is 23.4 Å². The SMILES string of the molecule is CC(NCc1cc(C#N)n(C)c1)c1nnc2n1CCC2. The largest absolute Gasteiger partial charge is 0.342 e.